The first-order chi connectivity index (χ1) is 3.66. The van der Waals surface area contributed by atoms with Gasteiger partial charge in [-0.15, -0.1) is 0 Å². The van der Waals surface area contributed by atoms with E-state index >= 15 is 0 Å². The first-order valence-corrected chi connectivity index (χ1v) is 2.19. The lowest BCUT2D eigenvalue weighted by atomic mass is 10.3. The van der Waals surface area contributed by atoms with Crippen molar-refractivity contribution < 1.29 is 14.3 Å². The van der Waals surface area contributed by atoms with Crippen LogP contribution in [0, 0.1) is 0 Å². The zero-order valence-electron chi connectivity index (χ0n) is 4.30. The van der Waals surface area contributed by atoms with Gasteiger partial charge in [-0.1, -0.05) is 0 Å². The molecule has 0 aliphatic carbocycles. The number of rotatable bonds is 3. The summed E-state index contributed by atoms with van der Waals surface area (Å²) in [5.74, 6) is -0.685. The van der Waals surface area contributed by atoms with Gasteiger partial charge in [0.25, 0.3) is 0 Å². The molecule has 0 aliphatic rings. The number of aliphatic hydroxyl groups excluding tert-OH is 1. The van der Waals surface area contributed by atoms with E-state index in [1.807, 2.05) is 0 Å². The van der Waals surface area contributed by atoms with Gasteiger partial charge in [0, 0.05) is 0 Å². The minimum absolute atomic E-state index is 0.295. The summed E-state index contributed by atoms with van der Waals surface area (Å²) in [7, 11) is 0. The lowest BCUT2D eigenvalue weighted by Gasteiger charge is -1.98. The molecule has 0 rings (SSSR count). The minimum atomic E-state index is -1.22. The van der Waals surface area contributed by atoms with E-state index in [0.717, 1.165) is 0 Å². The molecule has 0 heterocycles. The van der Waals surface area contributed by atoms with Crippen molar-refractivity contribution in [2.75, 3.05) is 6.67 Å². The van der Waals surface area contributed by atoms with Gasteiger partial charge in [0.05, 0.1) is 12.5 Å². The Labute approximate surface area is 46.3 Å². The Kier molecular flexibility index (Phi) is 3.10. The topological polar surface area (TPSA) is 63.3 Å². The van der Waals surface area contributed by atoms with E-state index < -0.39 is 18.7 Å². The van der Waals surface area contributed by atoms with E-state index in [2.05, 4.69) is 5.73 Å². The molecular weight excluding hydrogens is 113 g/mol. The van der Waals surface area contributed by atoms with Crippen molar-refractivity contribution in [3.8, 4) is 0 Å². The van der Waals surface area contributed by atoms with E-state index in [0.29, 0.717) is 0 Å². The van der Waals surface area contributed by atoms with E-state index in [1.165, 1.54) is 0 Å². The minimum Gasteiger partial charge on any atom is -0.390 e. The van der Waals surface area contributed by atoms with Crippen LogP contribution in [0.25, 0.3) is 0 Å². The summed E-state index contributed by atoms with van der Waals surface area (Å²) in [4.78, 5) is 9.86. The third kappa shape index (κ3) is 3.55. The van der Waals surface area contributed by atoms with Crippen LogP contribution in [0.4, 0.5) is 4.39 Å². The number of primary amides is 1. The van der Waals surface area contributed by atoms with E-state index in [4.69, 9.17) is 5.11 Å². The van der Waals surface area contributed by atoms with Crippen LogP contribution < -0.4 is 5.73 Å². The highest BCUT2D eigenvalue weighted by Crippen LogP contribution is 1.88. The van der Waals surface area contributed by atoms with Gasteiger partial charge < -0.3 is 10.8 Å². The van der Waals surface area contributed by atoms with Crippen LogP contribution in [0.5, 0.6) is 0 Å². The fraction of sp³-hybridized carbons (Fsp3) is 0.750. The molecule has 48 valence electrons. The molecule has 0 bridgehead atoms. The predicted molar refractivity (Wildman–Crippen MR) is 25.8 cm³/mol. The highest BCUT2D eigenvalue weighted by molar-refractivity contribution is 5.74. The maximum Gasteiger partial charge on any atom is 0.220 e. The second-order valence-corrected chi connectivity index (χ2v) is 1.48. The van der Waals surface area contributed by atoms with Gasteiger partial charge in [-0.05, 0) is 0 Å². The van der Waals surface area contributed by atoms with E-state index in [-0.39, 0.29) is 6.42 Å². The molecule has 0 spiro atoms. The number of nitrogens with two attached hydrogens (primary N) is 1. The monoisotopic (exact) mass is 121 g/mol. The molecule has 0 aromatic rings. The van der Waals surface area contributed by atoms with Gasteiger partial charge in [-0.2, -0.15) is 0 Å². The Morgan fingerprint density at radius 2 is 2.38 bits per heavy atom. The molecule has 4 heteroatoms. The van der Waals surface area contributed by atoms with Crippen LogP contribution >= 0.6 is 0 Å². The van der Waals surface area contributed by atoms with Crippen molar-refractivity contribution >= 4 is 5.91 Å². The summed E-state index contributed by atoms with van der Waals surface area (Å²) >= 11 is 0. The summed E-state index contributed by atoms with van der Waals surface area (Å²) in [6.45, 7) is -0.914. The van der Waals surface area contributed by atoms with Crippen LogP contribution in [-0.2, 0) is 4.79 Å². The van der Waals surface area contributed by atoms with Crippen molar-refractivity contribution in [2.45, 2.75) is 12.5 Å². The first-order valence-electron chi connectivity index (χ1n) is 2.19. The molecular formula is C4H8FNO2. The molecule has 0 aromatic carbocycles. The molecule has 0 unspecified atom stereocenters. The van der Waals surface area contributed by atoms with Crippen LogP contribution in [-0.4, -0.2) is 23.8 Å². The standard InChI is InChI=1S/C4H8FNO2/c5-2-3(7)1-4(6)8/h3,7H,1-2H2,(H2,6,8)/t3-/m0/s1. The Balaban J connectivity index is 3.24. The Hall–Kier alpha value is -0.640. The third-order valence-electron chi connectivity index (χ3n) is 0.615. The highest BCUT2D eigenvalue weighted by atomic mass is 19.1. The van der Waals surface area contributed by atoms with Gasteiger partial charge in [0.15, 0.2) is 0 Å². The van der Waals surface area contributed by atoms with Gasteiger partial charge >= 0.3 is 0 Å². The highest BCUT2D eigenvalue weighted by Gasteiger charge is 2.05. The number of amides is 1. The fourth-order valence-corrected chi connectivity index (χ4v) is 0.287. The third-order valence-corrected chi connectivity index (χ3v) is 0.615. The van der Waals surface area contributed by atoms with Crippen LogP contribution in [0.3, 0.4) is 0 Å². The molecule has 0 radical (unpaired) electrons. The summed E-state index contributed by atoms with van der Waals surface area (Å²) in [6.07, 6.45) is -1.51. The van der Waals surface area contributed by atoms with Crippen molar-refractivity contribution in [3.05, 3.63) is 0 Å². The van der Waals surface area contributed by atoms with Crippen molar-refractivity contribution in [3.63, 3.8) is 0 Å². The number of alkyl halides is 1. The number of hydrogen-bond donors (Lipinski definition) is 2. The molecule has 0 saturated carbocycles. The Bertz CT molecular complexity index is 86.1. The number of carbonyl (C=O) groups is 1. The summed E-state index contributed by atoms with van der Waals surface area (Å²) in [5.41, 5.74) is 4.60. The maximum atomic E-state index is 11.3. The second kappa shape index (κ2) is 3.37. The van der Waals surface area contributed by atoms with Crippen LogP contribution in [0.1, 0.15) is 6.42 Å². The molecule has 1 atom stereocenters. The van der Waals surface area contributed by atoms with E-state index in [1.54, 1.807) is 0 Å². The average Bonchev–Trinajstić information content (AvgIpc) is 1.65. The predicted octanol–water partition coefficient (Wildman–Crippen LogP) is -0.808. The van der Waals surface area contributed by atoms with E-state index in [9.17, 15) is 9.18 Å². The van der Waals surface area contributed by atoms with Crippen molar-refractivity contribution in [1.82, 2.24) is 0 Å². The first kappa shape index (κ1) is 7.36. The van der Waals surface area contributed by atoms with Gasteiger partial charge in [0.2, 0.25) is 5.91 Å². The largest absolute Gasteiger partial charge is 0.390 e. The summed E-state index contributed by atoms with van der Waals surface area (Å²) in [6, 6.07) is 0. The number of halogens is 1. The smallest absolute Gasteiger partial charge is 0.220 e. The molecule has 1 amide bonds. The van der Waals surface area contributed by atoms with Gasteiger partial charge in [-0.3, -0.25) is 4.79 Å². The van der Waals surface area contributed by atoms with Gasteiger partial charge in [-0.25, -0.2) is 4.39 Å². The normalized spacial score (nSPS) is 13.2. The number of hydrogen-bond acceptors (Lipinski definition) is 2. The zero-order valence-corrected chi connectivity index (χ0v) is 4.30. The quantitative estimate of drug-likeness (QED) is 0.513. The zero-order chi connectivity index (χ0) is 6.57. The van der Waals surface area contributed by atoms with Crippen molar-refractivity contribution in [1.29, 1.82) is 0 Å². The second-order valence-electron chi connectivity index (χ2n) is 1.48. The fourth-order valence-electron chi connectivity index (χ4n) is 0.287. The lowest BCUT2D eigenvalue weighted by molar-refractivity contribution is -0.120. The number of carbonyl (C=O) groups excluding carboxylic acids is 1. The summed E-state index contributed by atoms with van der Waals surface area (Å²) in [5, 5.41) is 8.35. The van der Waals surface area contributed by atoms with Gasteiger partial charge in [0.1, 0.15) is 6.67 Å². The molecule has 0 saturated heterocycles. The van der Waals surface area contributed by atoms with Crippen molar-refractivity contribution in [2.24, 2.45) is 5.73 Å². The Morgan fingerprint density at radius 1 is 1.88 bits per heavy atom. The molecule has 3 nitrogen and oxygen atoms in total. The lowest BCUT2D eigenvalue weighted by Crippen LogP contribution is -2.20. The molecule has 3 N–H and O–H groups in total. The Morgan fingerprint density at radius 3 is 2.50 bits per heavy atom. The molecule has 8 heavy (non-hydrogen) atoms. The molecule has 0 fully saturated rings. The molecule has 0 aliphatic heterocycles. The number of aliphatic hydroxyl groups is 1. The van der Waals surface area contributed by atoms with Crippen LogP contribution in [0.15, 0.2) is 0 Å². The van der Waals surface area contributed by atoms with Crippen LogP contribution in [0.2, 0.25) is 0 Å². The maximum absolute atomic E-state index is 11.3. The summed E-state index contributed by atoms with van der Waals surface area (Å²) < 4.78 is 11.3. The average molecular weight is 121 g/mol. The molecule has 0 aromatic heterocycles. The SMILES string of the molecule is NC(=O)C[C@H](O)CF.